The molecule has 0 radical (unpaired) electrons. The number of nitrogens with two attached hydrogens (primary N) is 1. The largest absolute Gasteiger partial charge is 0.352 e. The zero-order valence-corrected chi connectivity index (χ0v) is 8.88. The summed E-state index contributed by atoms with van der Waals surface area (Å²) in [6, 6.07) is 11.7. The highest BCUT2D eigenvalue weighted by Crippen LogP contribution is 2.09. The maximum Gasteiger partial charge on any atom is 0.222 e. The van der Waals surface area contributed by atoms with Crippen LogP contribution in [0.25, 0.3) is 0 Å². The Hall–Kier alpha value is -1.94. The molecule has 1 unspecified atom stereocenters. The molecule has 0 aliphatic heterocycles. The summed E-state index contributed by atoms with van der Waals surface area (Å²) in [5, 5.41) is 3.10. The Morgan fingerprint density at radius 1 is 1.06 bits per heavy atom. The van der Waals surface area contributed by atoms with Gasteiger partial charge in [-0.25, -0.2) is 9.97 Å². The van der Waals surface area contributed by atoms with E-state index in [1.54, 1.807) is 18.5 Å². The van der Waals surface area contributed by atoms with Gasteiger partial charge in [0.05, 0.1) is 0 Å². The summed E-state index contributed by atoms with van der Waals surface area (Å²) in [6.07, 6.45) is 3.40. The van der Waals surface area contributed by atoms with Crippen molar-refractivity contribution >= 4 is 5.95 Å². The first kappa shape index (κ1) is 10.6. The molecule has 0 saturated heterocycles. The van der Waals surface area contributed by atoms with E-state index in [4.69, 9.17) is 5.73 Å². The molecule has 1 atom stereocenters. The van der Waals surface area contributed by atoms with Gasteiger partial charge in [-0.15, -0.1) is 0 Å². The smallest absolute Gasteiger partial charge is 0.222 e. The lowest BCUT2D eigenvalue weighted by atomic mass is 10.1. The van der Waals surface area contributed by atoms with Crippen molar-refractivity contribution in [3.63, 3.8) is 0 Å². The number of nitrogens with one attached hydrogen (secondary N) is 1. The van der Waals surface area contributed by atoms with Crippen molar-refractivity contribution in [3.8, 4) is 0 Å². The van der Waals surface area contributed by atoms with Gasteiger partial charge in [-0.1, -0.05) is 30.3 Å². The second kappa shape index (κ2) is 5.23. The monoisotopic (exact) mass is 214 g/mol. The molecule has 0 bridgehead atoms. The first-order valence-corrected chi connectivity index (χ1v) is 5.17. The highest BCUT2D eigenvalue weighted by atomic mass is 15.1. The Balaban J connectivity index is 1.92. The Morgan fingerprint density at radius 2 is 1.75 bits per heavy atom. The number of benzene rings is 1. The fraction of sp³-hybridized carbons (Fsp3) is 0.167. The highest BCUT2D eigenvalue weighted by Gasteiger charge is 2.04. The van der Waals surface area contributed by atoms with E-state index in [0.29, 0.717) is 12.5 Å². The molecule has 3 N–H and O–H groups in total. The average Bonchev–Trinajstić information content (AvgIpc) is 2.38. The molecule has 2 rings (SSSR count). The van der Waals surface area contributed by atoms with Crippen LogP contribution < -0.4 is 11.1 Å². The summed E-state index contributed by atoms with van der Waals surface area (Å²) in [7, 11) is 0. The van der Waals surface area contributed by atoms with E-state index in [9.17, 15) is 0 Å². The van der Waals surface area contributed by atoms with E-state index in [0.717, 1.165) is 5.56 Å². The van der Waals surface area contributed by atoms with Crippen LogP contribution in [-0.2, 0) is 0 Å². The maximum absolute atomic E-state index is 6.02. The average molecular weight is 214 g/mol. The van der Waals surface area contributed by atoms with Crippen LogP contribution in [0.5, 0.6) is 0 Å². The first-order valence-electron chi connectivity index (χ1n) is 5.17. The van der Waals surface area contributed by atoms with Gasteiger partial charge >= 0.3 is 0 Å². The molecule has 4 nitrogen and oxygen atoms in total. The summed E-state index contributed by atoms with van der Waals surface area (Å²) in [4.78, 5) is 8.13. The van der Waals surface area contributed by atoms with Gasteiger partial charge in [0.2, 0.25) is 5.95 Å². The van der Waals surface area contributed by atoms with Crippen molar-refractivity contribution < 1.29 is 0 Å². The zero-order valence-electron chi connectivity index (χ0n) is 8.88. The number of anilines is 1. The SMILES string of the molecule is NC(CNc1ncccn1)c1ccccc1. The van der Waals surface area contributed by atoms with Crippen molar-refractivity contribution in [2.24, 2.45) is 5.73 Å². The molecule has 1 aromatic heterocycles. The molecule has 0 saturated carbocycles. The quantitative estimate of drug-likeness (QED) is 0.811. The lowest BCUT2D eigenvalue weighted by Crippen LogP contribution is -2.21. The molecular weight excluding hydrogens is 200 g/mol. The molecule has 4 heteroatoms. The van der Waals surface area contributed by atoms with Gasteiger partial charge < -0.3 is 11.1 Å². The Bertz CT molecular complexity index is 416. The van der Waals surface area contributed by atoms with Gasteiger partial charge in [0.1, 0.15) is 0 Å². The van der Waals surface area contributed by atoms with Crippen LogP contribution in [0, 0.1) is 0 Å². The third-order valence-electron chi connectivity index (χ3n) is 2.27. The Kier molecular flexibility index (Phi) is 3.46. The normalized spacial score (nSPS) is 12.1. The lowest BCUT2D eigenvalue weighted by Gasteiger charge is -2.12. The van der Waals surface area contributed by atoms with Crippen LogP contribution in [0.1, 0.15) is 11.6 Å². The molecule has 2 aromatic rings. The van der Waals surface area contributed by atoms with E-state index in [-0.39, 0.29) is 6.04 Å². The third kappa shape index (κ3) is 2.77. The summed E-state index contributed by atoms with van der Waals surface area (Å²) in [6.45, 7) is 0.619. The lowest BCUT2D eigenvalue weighted by molar-refractivity contribution is 0.758. The fourth-order valence-corrected chi connectivity index (χ4v) is 1.41. The van der Waals surface area contributed by atoms with Gasteiger partial charge in [0.25, 0.3) is 0 Å². The Labute approximate surface area is 94.5 Å². The van der Waals surface area contributed by atoms with Gasteiger partial charge in [-0.2, -0.15) is 0 Å². The van der Waals surface area contributed by atoms with Crippen molar-refractivity contribution in [2.45, 2.75) is 6.04 Å². The van der Waals surface area contributed by atoms with Crippen LogP contribution in [0.3, 0.4) is 0 Å². The minimum Gasteiger partial charge on any atom is -0.352 e. The van der Waals surface area contributed by atoms with E-state index >= 15 is 0 Å². The van der Waals surface area contributed by atoms with Crippen LogP contribution in [-0.4, -0.2) is 16.5 Å². The van der Waals surface area contributed by atoms with E-state index in [1.807, 2.05) is 30.3 Å². The third-order valence-corrected chi connectivity index (χ3v) is 2.27. The van der Waals surface area contributed by atoms with Crippen molar-refractivity contribution in [1.82, 2.24) is 9.97 Å². The number of nitrogens with zero attached hydrogens (tertiary/aromatic N) is 2. The predicted molar refractivity (Wildman–Crippen MR) is 63.9 cm³/mol. The highest BCUT2D eigenvalue weighted by molar-refractivity contribution is 5.25. The molecule has 0 aliphatic rings. The fourth-order valence-electron chi connectivity index (χ4n) is 1.41. The summed E-state index contributed by atoms with van der Waals surface area (Å²) in [5.41, 5.74) is 7.13. The van der Waals surface area contributed by atoms with Crippen molar-refractivity contribution in [3.05, 3.63) is 54.4 Å². The van der Waals surface area contributed by atoms with Crippen LogP contribution >= 0.6 is 0 Å². The summed E-state index contributed by atoms with van der Waals surface area (Å²) in [5.74, 6) is 0.605. The van der Waals surface area contributed by atoms with E-state index in [1.165, 1.54) is 0 Å². The predicted octanol–water partition coefficient (Wildman–Crippen LogP) is 1.59. The minimum absolute atomic E-state index is 0.0509. The standard InChI is InChI=1S/C12H14N4/c13-11(10-5-2-1-3-6-10)9-16-12-14-7-4-8-15-12/h1-8,11H,9,13H2,(H,14,15,16). The molecule has 1 aromatic carbocycles. The topological polar surface area (TPSA) is 63.8 Å². The summed E-state index contributed by atoms with van der Waals surface area (Å²) < 4.78 is 0. The minimum atomic E-state index is -0.0509. The van der Waals surface area contributed by atoms with Crippen LogP contribution in [0.4, 0.5) is 5.95 Å². The van der Waals surface area contributed by atoms with Gasteiger partial charge in [-0.05, 0) is 11.6 Å². The molecule has 82 valence electrons. The van der Waals surface area contributed by atoms with Gasteiger partial charge in [-0.3, -0.25) is 0 Å². The molecule has 0 fully saturated rings. The second-order valence-electron chi connectivity index (χ2n) is 3.47. The van der Waals surface area contributed by atoms with E-state index in [2.05, 4.69) is 15.3 Å². The molecule has 1 heterocycles. The number of hydrogen-bond acceptors (Lipinski definition) is 4. The van der Waals surface area contributed by atoms with Crippen LogP contribution in [0.15, 0.2) is 48.8 Å². The summed E-state index contributed by atoms with van der Waals surface area (Å²) >= 11 is 0. The first-order chi connectivity index (χ1) is 7.86. The molecule has 16 heavy (non-hydrogen) atoms. The molecule has 0 aliphatic carbocycles. The molecule has 0 spiro atoms. The van der Waals surface area contributed by atoms with Gasteiger partial charge in [0, 0.05) is 25.0 Å². The zero-order chi connectivity index (χ0) is 11.2. The number of aromatic nitrogens is 2. The maximum atomic E-state index is 6.02. The molecular formula is C12H14N4. The number of hydrogen-bond donors (Lipinski definition) is 2. The Morgan fingerprint density at radius 3 is 2.44 bits per heavy atom. The molecule has 0 amide bonds. The van der Waals surface area contributed by atoms with Crippen molar-refractivity contribution in [2.75, 3.05) is 11.9 Å². The van der Waals surface area contributed by atoms with Crippen LogP contribution in [0.2, 0.25) is 0 Å². The number of rotatable bonds is 4. The second-order valence-corrected chi connectivity index (χ2v) is 3.47. The van der Waals surface area contributed by atoms with E-state index < -0.39 is 0 Å². The van der Waals surface area contributed by atoms with Gasteiger partial charge in [0.15, 0.2) is 0 Å². The van der Waals surface area contributed by atoms with Crippen molar-refractivity contribution in [1.29, 1.82) is 0 Å².